The first kappa shape index (κ1) is 15.9. The largest absolute Gasteiger partial charge is 0.481 e. The van der Waals surface area contributed by atoms with Crippen molar-refractivity contribution in [1.82, 2.24) is 4.90 Å². The van der Waals surface area contributed by atoms with Gasteiger partial charge >= 0.3 is 5.97 Å². The number of carboxylic acid groups (broad SMARTS) is 1. The molecule has 1 rings (SSSR count). The van der Waals surface area contributed by atoms with E-state index in [-0.39, 0.29) is 17.8 Å². The standard InChI is InChI=1S/C14H19ClFNO2/c1-14(2,3)17(8-7-13(18)19)9-10-11(15)5-4-6-12(10)16/h4-6H,7-9H2,1-3H3,(H,18,19). The highest BCUT2D eigenvalue weighted by Gasteiger charge is 2.24. The first-order valence-corrected chi connectivity index (χ1v) is 6.49. The van der Waals surface area contributed by atoms with Gasteiger partial charge in [-0.3, -0.25) is 9.69 Å². The summed E-state index contributed by atoms with van der Waals surface area (Å²) in [5.74, 6) is -1.23. The second-order valence-corrected chi connectivity index (χ2v) is 5.84. The van der Waals surface area contributed by atoms with Gasteiger partial charge in [0, 0.05) is 29.2 Å². The molecule has 0 atom stereocenters. The molecule has 0 unspecified atom stereocenters. The number of carbonyl (C=O) groups is 1. The lowest BCUT2D eigenvalue weighted by Crippen LogP contribution is -2.42. The van der Waals surface area contributed by atoms with E-state index in [1.165, 1.54) is 6.07 Å². The number of halogens is 2. The van der Waals surface area contributed by atoms with E-state index in [1.807, 2.05) is 25.7 Å². The van der Waals surface area contributed by atoms with Gasteiger partial charge in [-0.2, -0.15) is 0 Å². The van der Waals surface area contributed by atoms with E-state index in [4.69, 9.17) is 16.7 Å². The van der Waals surface area contributed by atoms with Crippen LogP contribution in [0.1, 0.15) is 32.8 Å². The predicted octanol–water partition coefficient (Wildman–Crippen LogP) is 3.55. The number of aliphatic carboxylic acids is 1. The topological polar surface area (TPSA) is 40.5 Å². The molecule has 0 aliphatic carbocycles. The second kappa shape index (κ2) is 6.35. The molecule has 1 aromatic rings. The molecule has 0 bridgehead atoms. The summed E-state index contributed by atoms with van der Waals surface area (Å²) in [6.07, 6.45) is 0.0172. The van der Waals surface area contributed by atoms with Gasteiger partial charge in [0.25, 0.3) is 0 Å². The molecule has 0 aliphatic heterocycles. The Morgan fingerprint density at radius 1 is 1.42 bits per heavy atom. The average molecular weight is 288 g/mol. The molecule has 106 valence electrons. The second-order valence-electron chi connectivity index (χ2n) is 5.44. The van der Waals surface area contributed by atoms with Gasteiger partial charge < -0.3 is 5.11 Å². The molecule has 1 aromatic carbocycles. The highest BCUT2D eigenvalue weighted by Crippen LogP contribution is 2.24. The Morgan fingerprint density at radius 3 is 2.53 bits per heavy atom. The van der Waals surface area contributed by atoms with Crippen molar-refractivity contribution in [3.63, 3.8) is 0 Å². The SMILES string of the molecule is CC(C)(C)N(CCC(=O)O)Cc1c(F)cccc1Cl. The van der Waals surface area contributed by atoms with Crippen molar-refractivity contribution in [3.05, 3.63) is 34.6 Å². The lowest BCUT2D eigenvalue weighted by molar-refractivity contribution is -0.137. The molecule has 0 spiro atoms. The minimum atomic E-state index is -0.867. The summed E-state index contributed by atoms with van der Waals surface area (Å²) < 4.78 is 13.8. The summed E-state index contributed by atoms with van der Waals surface area (Å²) in [6.45, 7) is 6.53. The van der Waals surface area contributed by atoms with Crippen molar-refractivity contribution in [1.29, 1.82) is 0 Å². The number of carboxylic acids is 1. The number of benzene rings is 1. The fourth-order valence-electron chi connectivity index (χ4n) is 1.76. The molecule has 19 heavy (non-hydrogen) atoms. The Morgan fingerprint density at radius 2 is 2.05 bits per heavy atom. The van der Waals surface area contributed by atoms with Gasteiger partial charge in [-0.25, -0.2) is 4.39 Å². The zero-order chi connectivity index (χ0) is 14.6. The third-order valence-corrected chi connectivity index (χ3v) is 3.31. The smallest absolute Gasteiger partial charge is 0.304 e. The van der Waals surface area contributed by atoms with Crippen molar-refractivity contribution in [2.24, 2.45) is 0 Å². The van der Waals surface area contributed by atoms with Gasteiger partial charge in [-0.15, -0.1) is 0 Å². The Kier molecular flexibility index (Phi) is 5.32. The van der Waals surface area contributed by atoms with Gasteiger partial charge in [-0.1, -0.05) is 17.7 Å². The molecule has 0 heterocycles. The minimum Gasteiger partial charge on any atom is -0.481 e. The predicted molar refractivity (Wildman–Crippen MR) is 73.8 cm³/mol. The molecule has 1 N–H and O–H groups in total. The quantitative estimate of drug-likeness (QED) is 0.900. The summed E-state index contributed by atoms with van der Waals surface area (Å²) >= 11 is 6.00. The minimum absolute atomic E-state index is 0.0172. The maximum atomic E-state index is 13.8. The maximum Gasteiger partial charge on any atom is 0.304 e. The van der Waals surface area contributed by atoms with Gasteiger partial charge in [0.05, 0.1) is 6.42 Å². The van der Waals surface area contributed by atoms with E-state index in [9.17, 15) is 9.18 Å². The highest BCUT2D eigenvalue weighted by atomic mass is 35.5. The van der Waals surface area contributed by atoms with Crippen LogP contribution in [0.15, 0.2) is 18.2 Å². The molecule has 3 nitrogen and oxygen atoms in total. The first-order valence-electron chi connectivity index (χ1n) is 6.11. The van der Waals surface area contributed by atoms with Crippen LogP contribution in [0, 0.1) is 5.82 Å². The lowest BCUT2D eigenvalue weighted by Gasteiger charge is -2.35. The number of hydrogen-bond acceptors (Lipinski definition) is 2. The summed E-state index contributed by atoms with van der Waals surface area (Å²) in [7, 11) is 0. The van der Waals surface area contributed by atoms with Gasteiger partial charge in [0.15, 0.2) is 0 Å². The van der Waals surface area contributed by atoms with E-state index >= 15 is 0 Å². The highest BCUT2D eigenvalue weighted by molar-refractivity contribution is 6.31. The van der Waals surface area contributed by atoms with Crippen LogP contribution in [-0.4, -0.2) is 28.1 Å². The van der Waals surface area contributed by atoms with Crippen LogP contribution in [0.4, 0.5) is 4.39 Å². The van der Waals surface area contributed by atoms with Crippen LogP contribution in [0.5, 0.6) is 0 Å². The van der Waals surface area contributed by atoms with Gasteiger partial charge in [0.1, 0.15) is 5.82 Å². The van der Waals surface area contributed by atoms with Crippen molar-refractivity contribution >= 4 is 17.6 Å². The van der Waals surface area contributed by atoms with Crippen LogP contribution >= 0.6 is 11.6 Å². The van der Waals surface area contributed by atoms with Crippen molar-refractivity contribution in [3.8, 4) is 0 Å². The normalized spacial score (nSPS) is 11.9. The van der Waals surface area contributed by atoms with E-state index < -0.39 is 5.97 Å². The monoisotopic (exact) mass is 287 g/mol. The molecule has 0 aliphatic rings. The fraction of sp³-hybridized carbons (Fsp3) is 0.500. The molecule has 0 fully saturated rings. The van der Waals surface area contributed by atoms with E-state index in [1.54, 1.807) is 12.1 Å². The fourth-order valence-corrected chi connectivity index (χ4v) is 1.98. The van der Waals surface area contributed by atoms with Crippen molar-refractivity contribution < 1.29 is 14.3 Å². The summed E-state index contributed by atoms with van der Waals surface area (Å²) in [5.41, 5.74) is 0.144. The van der Waals surface area contributed by atoms with E-state index in [0.29, 0.717) is 23.7 Å². The molecule has 0 amide bonds. The summed E-state index contributed by atoms with van der Waals surface area (Å²) in [5, 5.41) is 9.14. The van der Waals surface area contributed by atoms with Crippen LogP contribution in [0.3, 0.4) is 0 Å². The molecule has 0 radical (unpaired) electrons. The Balaban J connectivity index is 2.91. The maximum absolute atomic E-state index is 13.8. The molecule has 0 saturated heterocycles. The van der Waals surface area contributed by atoms with Gasteiger partial charge in [-0.05, 0) is 32.9 Å². The molecular formula is C14H19ClFNO2. The first-order chi connectivity index (χ1) is 8.71. The molecule has 0 saturated carbocycles. The summed E-state index contributed by atoms with van der Waals surface area (Å²) in [6, 6.07) is 4.55. The number of rotatable bonds is 5. The van der Waals surface area contributed by atoms with Crippen LogP contribution in [0.25, 0.3) is 0 Å². The third kappa shape index (κ3) is 4.80. The Hall–Kier alpha value is -1.13. The van der Waals surface area contributed by atoms with Crippen molar-refractivity contribution in [2.45, 2.75) is 39.3 Å². The molecular weight excluding hydrogens is 269 g/mol. The molecule has 0 aromatic heterocycles. The molecule has 5 heteroatoms. The summed E-state index contributed by atoms with van der Waals surface area (Å²) in [4.78, 5) is 12.6. The zero-order valence-electron chi connectivity index (χ0n) is 11.4. The van der Waals surface area contributed by atoms with Crippen LogP contribution in [0.2, 0.25) is 5.02 Å². The Labute approximate surface area is 118 Å². The third-order valence-electron chi connectivity index (χ3n) is 2.95. The zero-order valence-corrected chi connectivity index (χ0v) is 12.2. The van der Waals surface area contributed by atoms with E-state index in [2.05, 4.69) is 0 Å². The lowest BCUT2D eigenvalue weighted by atomic mass is 10.0. The van der Waals surface area contributed by atoms with Crippen molar-refractivity contribution in [2.75, 3.05) is 6.54 Å². The van der Waals surface area contributed by atoms with Crippen LogP contribution < -0.4 is 0 Å². The van der Waals surface area contributed by atoms with E-state index in [0.717, 1.165) is 0 Å². The average Bonchev–Trinajstić information content (AvgIpc) is 2.25. The Bertz CT molecular complexity index is 437. The van der Waals surface area contributed by atoms with Gasteiger partial charge in [0.2, 0.25) is 0 Å². The number of nitrogens with zero attached hydrogens (tertiary/aromatic N) is 1. The number of hydrogen-bond donors (Lipinski definition) is 1. The van der Waals surface area contributed by atoms with Crippen LogP contribution in [-0.2, 0) is 11.3 Å².